The first kappa shape index (κ1) is 27.8. The molecule has 2 aromatic carbocycles. The van der Waals surface area contributed by atoms with E-state index in [2.05, 4.69) is 15.0 Å². The van der Waals surface area contributed by atoms with Crippen molar-refractivity contribution in [3.05, 3.63) is 88.6 Å². The number of halogens is 1. The van der Waals surface area contributed by atoms with Crippen molar-refractivity contribution in [2.45, 2.75) is 64.9 Å². The highest BCUT2D eigenvalue weighted by atomic mass is 19.1. The van der Waals surface area contributed by atoms with Gasteiger partial charge in [-0.05, 0) is 93.3 Å². The SMILES string of the molecule is Cc1c(CC(=O)c2ccc(C3CC3)cc2)cc(F)cc1-c1ncnc2[nH]c(C3=CCN(C(=O)OC(C)(C)C)CC3)cc12. The van der Waals surface area contributed by atoms with Crippen molar-refractivity contribution in [2.24, 2.45) is 0 Å². The summed E-state index contributed by atoms with van der Waals surface area (Å²) in [5, 5.41) is 0.768. The molecule has 1 aliphatic carbocycles. The Morgan fingerprint density at radius 2 is 1.86 bits per heavy atom. The molecule has 7 nitrogen and oxygen atoms in total. The molecule has 0 atom stereocenters. The summed E-state index contributed by atoms with van der Waals surface area (Å²) in [5.41, 5.74) is 6.65. The molecule has 1 fully saturated rings. The van der Waals surface area contributed by atoms with E-state index in [1.165, 1.54) is 36.9 Å². The van der Waals surface area contributed by atoms with Crippen molar-refractivity contribution in [3.8, 4) is 11.3 Å². The van der Waals surface area contributed by atoms with Crippen molar-refractivity contribution in [1.29, 1.82) is 0 Å². The highest BCUT2D eigenvalue weighted by molar-refractivity contribution is 5.98. The molecule has 2 aromatic heterocycles. The molecule has 8 heteroatoms. The Morgan fingerprint density at radius 1 is 1.10 bits per heavy atom. The fraction of sp³-hybridized carbons (Fsp3) is 0.353. The maximum Gasteiger partial charge on any atom is 0.410 e. The van der Waals surface area contributed by atoms with Gasteiger partial charge in [-0.1, -0.05) is 30.3 Å². The average Bonchev–Trinajstić information content (AvgIpc) is 3.71. The summed E-state index contributed by atoms with van der Waals surface area (Å²) in [6.45, 7) is 8.46. The molecule has 0 unspecified atom stereocenters. The fourth-order valence-corrected chi connectivity index (χ4v) is 5.53. The molecule has 0 bridgehead atoms. The number of hydrogen-bond donors (Lipinski definition) is 1. The van der Waals surface area contributed by atoms with Crippen LogP contribution in [0, 0.1) is 12.7 Å². The van der Waals surface area contributed by atoms with E-state index in [4.69, 9.17) is 4.74 Å². The van der Waals surface area contributed by atoms with E-state index in [-0.39, 0.29) is 18.3 Å². The van der Waals surface area contributed by atoms with Gasteiger partial charge in [-0.3, -0.25) is 4.79 Å². The van der Waals surface area contributed by atoms with Crippen molar-refractivity contribution < 1.29 is 18.7 Å². The Labute approximate surface area is 244 Å². The van der Waals surface area contributed by atoms with Gasteiger partial charge in [0.25, 0.3) is 0 Å². The minimum atomic E-state index is -0.545. The zero-order valence-corrected chi connectivity index (χ0v) is 24.5. The number of aromatic amines is 1. The lowest BCUT2D eigenvalue weighted by atomic mass is 9.93. The molecule has 4 aromatic rings. The number of carbonyl (C=O) groups excluding carboxylic acids is 2. The number of hydrogen-bond acceptors (Lipinski definition) is 5. The first-order valence-electron chi connectivity index (χ1n) is 14.5. The Morgan fingerprint density at radius 3 is 2.52 bits per heavy atom. The molecular weight excluding hydrogens is 531 g/mol. The van der Waals surface area contributed by atoms with Gasteiger partial charge in [0, 0.05) is 41.7 Å². The van der Waals surface area contributed by atoms with Gasteiger partial charge in [-0.2, -0.15) is 0 Å². The van der Waals surface area contributed by atoms with Crippen molar-refractivity contribution in [2.75, 3.05) is 13.1 Å². The van der Waals surface area contributed by atoms with Crippen molar-refractivity contribution in [1.82, 2.24) is 19.9 Å². The van der Waals surface area contributed by atoms with Crippen molar-refractivity contribution >= 4 is 28.5 Å². The lowest BCUT2D eigenvalue weighted by molar-refractivity contribution is 0.0270. The number of H-pyrrole nitrogens is 1. The summed E-state index contributed by atoms with van der Waals surface area (Å²) < 4.78 is 20.5. The van der Waals surface area contributed by atoms with E-state index >= 15 is 0 Å². The molecule has 0 spiro atoms. The molecule has 42 heavy (non-hydrogen) atoms. The number of carbonyl (C=O) groups is 2. The molecule has 0 radical (unpaired) electrons. The maximum absolute atomic E-state index is 15.0. The summed E-state index contributed by atoms with van der Waals surface area (Å²) in [5.74, 6) is 0.169. The third-order valence-electron chi connectivity index (χ3n) is 8.00. The van der Waals surface area contributed by atoms with Crippen LogP contribution in [-0.4, -0.2) is 50.4 Å². The number of ether oxygens (including phenoxy) is 1. The average molecular weight is 567 g/mol. The van der Waals surface area contributed by atoms with E-state index < -0.39 is 11.4 Å². The van der Waals surface area contributed by atoms with Crippen LogP contribution < -0.4 is 0 Å². The molecule has 6 rings (SSSR count). The number of amides is 1. The number of Topliss-reactive ketones (excluding diaryl/α,β-unsaturated/α-hetero) is 1. The highest BCUT2D eigenvalue weighted by Crippen LogP contribution is 2.40. The van der Waals surface area contributed by atoms with Gasteiger partial charge in [0.05, 0.1) is 5.69 Å². The highest BCUT2D eigenvalue weighted by Gasteiger charge is 2.26. The first-order valence-corrected chi connectivity index (χ1v) is 14.5. The minimum absolute atomic E-state index is 0.0431. The standard InChI is InChI=1S/C34H35FN4O3/c1-20-25(16-30(40)24-9-7-22(8-10-24)21-5-6-21)15-26(35)17-27(20)31-28-18-29(38-32(28)37-19-36-31)23-11-13-39(14-12-23)33(41)42-34(2,3)4/h7-11,15,17-19,21H,5-6,12-14,16H2,1-4H3,(H,36,37,38). The van der Waals surface area contributed by atoms with Crippen LogP contribution in [0.4, 0.5) is 9.18 Å². The quantitative estimate of drug-likeness (QED) is 0.246. The summed E-state index contributed by atoms with van der Waals surface area (Å²) in [6, 6.07) is 12.7. The second-order valence-corrected chi connectivity index (χ2v) is 12.3. The number of rotatable bonds is 6. The molecular formula is C34H35FN4O3. The minimum Gasteiger partial charge on any atom is -0.444 e. The van der Waals surface area contributed by atoms with E-state index in [0.717, 1.165) is 22.2 Å². The van der Waals surface area contributed by atoms with Crippen molar-refractivity contribution in [3.63, 3.8) is 0 Å². The largest absolute Gasteiger partial charge is 0.444 e. The Balaban J connectivity index is 1.26. The number of ketones is 1. The van der Waals surface area contributed by atoms with Gasteiger partial charge >= 0.3 is 6.09 Å². The second-order valence-electron chi connectivity index (χ2n) is 12.3. The van der Waals surface area contributed by atoms with Crippen LogP contribution in [0.15, 0.2) is 54.9 Å². The van der Waals surface area contributed by atoms with Gasteiger partial charge in [0.2, 0.25) is 0 Å². The second kappa shape index (κ2) is 10.8. The van der Waals surface area contributed by atoms with Gasteiger partial charge in [0.1, 0.15) is 23.4 Å². The predicted molar refractivity (Wildman–Crippen MR) is 161 cm³/mol. The zero-order chi connectivity index (χ0) is 29.6. The van der Waals surface area contributed by atoms with E-state index in [9.17, 15) is 14.0 Å². The topological polar surface area (TPSA) is 88.2 Å². The van der Waals surface area contributed by atoms with E-state index in [0.29, 0.717) is 53.5 Å². The molecule has 1 aliphatic heterocycles. The molecule has 216 valence electrons. The lowest BCUT2D eigenvalue weighted by Gasteiger charge is -2.29. The van der Waals surface area contributed by atoms with Crippen LogP contribution in [0.3, 0.4) is 0 Å². The lowest BCUT2D eigenvalue weighted by Crippen LogP contribution is -2.39. The van der Waals surface area contributed by atoms with Gasteiger partial charge in [-0.25, -0.2) is 19.2 Å². The molecule has 2 aliphatic rings. The van der Waals surface area contributed by atoms with Gasteiger partial charge in [0.15, 0.2) is 5.78 Å². The Kier molecular flexibility index (Phi) is 7.17. The molecule has 1 amide bonds. The van der Waals surface area contributed by atoms with E-state index in [1.54, 1.807) is 4.90 Å². The fourth-order valence-electron chi connectivity index (χ4n) is 5.53. The Hall–Kier alpha value is -4.33. The monoisotopic (exact) mass is 566 g/mol. The van der Waals surface area contributed by atoms with Crippen LogP contribution in [0.2, 0.25) is 0 Å². The molecule has 3 heterocycles. The number of nitrogens with one attached hydrogen (secondary N) is 1. The predicted octanol–water partition coefficient (Wildman–Crippen LogP) is 7.40. The Bertz CT molecular complexity index is 1710. The third-order valence-corrected chi connectivity index (χ3v) is 8.00. The smallest absolute Gasteiger partial charge is 0.410 e. The van der Waals surface area contributed by atoms with Crippen LogP contribution in [0.5, 0.6) is 0 Å². The normalized spacial score (nSPS) is 15.5. The van der Waals surface area contributed by atoms with Crippen LogP contribution in [0.1, 0.15) is 78.7 Å². The number of nitrogens with zero attached hydrogens (tertiary/aromatic N) is 3. The number of aromatic nitrogens is 3. The third kappa shape index (κ3) is 5.84. The van der Waals surface area contributed by atoms with Crippen LogP contribution >= 0.6 is 0 Å². The van der Waals surface area contributed by atoms with E-state index in [1.807, 2.05) is 64.1 Å². The maximum atomic E-state index is 15.0. The summed E-state index contributed by atoms with van der Waals surface area (Å²) >= 11 is 0. The summed E-state index contributed by atoms with van der Waals surface area (Å²) in [6.07, 6.45) is 6.33. The summed E-state index contributed by atoms with van der Waals surface area (Å²) in [7, 11) is 0. The van der Waals surface area contributed by atoms with Gasteiger partial charge in [-0.15, -0.1) is 0 Å². The molecule has 1 N–H and O–H groups in total. The number of benzene rings is 2. The van der Waals surface area contributed by atoms with Crippen LogP contribution in [-0.2, 0) is 11.2 Å². The van der Waals surface area contributed by atoms with Crippen LogP contribution in [0.25, 0.3) is 27.9 Å². The van der Waals surface area contributed by atoms with Gasteiger partial charge < -0.3 is 14.6 Å². The number of fused-ring (bicyclic) bond motifs is 1. The first-order chi connectivity index (χ1) is 20.1. The molecule has 1 saturated carbocycles. The zero-order valence-electron chi connectivity index (χ0n) is 24.5. The molecule has 0 saturated heterocycles. The summed E-state index contributed by atoms with van der Waals surface area (Å²) in [4.78, 5) is 39.7.